The normalized spacial score (nSPS) is 11.1. The van der Waals surface area contributed by atoms with E-state index in [0.717, 1.165) is 11.1 Å². The lowest BCUT2D eigenvalue weighted by atomic mass is 10.2. The second-order valence-electron chi connectivity index (χ2n) is 6.79. The standard InChI is InChI=1S/C23H24N2O4S/c1-18-7-13-22(14-8-18)30(27,28)25-21-11-9-20(10-12-21)23(26)24-15-16-29-17-19-5-3-2-4-6-19/h2-14,25H,15-17H2,1H3,(H,24,26). The number of hydrogen-bond acceptors (Lipinski definition) is 4. The van der Waals surface area contributed by atoms with E-state index < -0.39 is 10.0 Å². The third-order valence-corrected chi connectivity index (χ3v) is 5.77. The zero-order chi connectivity index (χ0) is 21.4. The number of carbonyl (C=O) groups is 1. The van der Waals surface area contributed by atoms with Crippen molar-refractivity contribution >= 4 is 21.6 Å². The van der Waals surface area contributed by atoms with Crippen molar-refractivity contribution in [3.05, 3.63) is 95.6 Å². The first-order chi connectivity index (χ1) is 14.4. The lowest BCUT2D eigenvalue weighted by molar-refractivity contribution is 0.0901. The van der Waals surface area contributed by atoms with Gasteiger partial charge in [0.1, 0.15) is 0 Å². The first-order valence-electron chi connectivity index (χ1n) is 9.53. The molecule has 6 nitrogen and oxygen atoms in total. The molecule has 0 fully saturated rings. The van der Waals surface area contributed by atoms with E-state index in [-0.39, 0.29) is 10.8 Å². The van der Waals surface area contributed by atoms with Gasteiger partial charge in [-0.15, -0.1) is 0 Å². The average Bonchev–Trinajstić information content (AvgIpc) is 2.74. The third kappa shape index (κ3) is 6.17. The number of ether oxygens (including phenoxy) is 1. The monoisotopic (exact) mass is 424 g/mol. The van der Waals surface area contributed by atoms with Crippen molar-refractivity contribution in [3.8, 4) is 0 Å². The number of amides is 1. The number of benzene rings is 3. The maximum absolute atomic E-state index is 12.4. The van der Waals surface area contributed by atoms with Gasteiger partial charge in [0.05, 0.1) is 18.1 Å². The highest BCUT2D eigenvalue weighted by atomic mass is 32.2. The van der Waals surface area contributed by atoms with Gasteiger partial charge in [-0.25, -0.2) is 8.42 Å². The molecule has 3 aromatic carbocycles. The summed E-state index contributed by atoms with van der Waals surface area (Å²) in [6.45, 7) is 3.16. The summed E-state index contributed by atoms with van der Waals surface area (Å²) < 4.78 is 32.9. The fourth-order valence-corrected chi connectivity index (χ4v) is 3.78. The Morgan fingerprint density at radius 3 is 2.23 bits per heavy atom. The van der Waals surface area contributed by atoms with Gasteiger partial charge in [-0.1, -0.05) is 48.0 Å². The van der Waals surface area contributed by atoms with E-state index in [9.17, 15) is 13.2 Å². The molecule has 0 unspecified atom stereocenters. The number of hydrogen-bond donors (Lipinski definition) is 2. The number of aryl methyl sites for hydroxylation is 1. The van der Waals surface area contributed by atoms with E-state index in [0.29, 0.717) is 31.0 Å². The smallest absolute Gasteiger partial charge is 0.261 e. The van der Waals surface area contributed by atoms with Gasteiger partial charge in [0.25, 0.3) is 15.9 Å². The second kappa shape index (κ2) is 10.0. The summed E-state index contributed by atoms with van der Waals surface area (Å²) in [6.07, 6.45) is 0. The Bertz CT molecular complexity index is 1060. The van der Waals surface area contributed by atoms with Gasteiger partial charge in [-0.3, -0.25) is 9.52 Å². The largest absolute Gasteiger partial charge is 0.375 e. The van der Waals surface area contributed by atoms with Crippen LogP contribution in [0.4, 0.5) is 5.69 Å². The minimum absolute atomic E-state index is 0.186. The van der Waals surface area contributed by atoms with Crippen LogP contribution in [0.25, 0.3) is 0 Å². The molecule has 0 aliphatic carbocycles. The summed E-state index contributed by atoms with van der Waals surface area (Å²) in [6, 6.07) is 22.7. The quantitative estimate of drug-likeness (QED) is 0.513. The molecule has 0 radical (unpaired) electrons. The predicted octanol–water partition coefficient (Wildman–Crippen LogP) is 3.74. The van der Waals surface area contributed by atoms with Gasteiger partial charge in [0, 0.05) is 17.8 Å². The molecule has 1 amide bonds. The molecule has 0 bridgehead atoms. The van der Waals surface area contributed by atoms with Gasteiger partial charge in [0.15, 0.2) is 0 Å². The first-order valence-corrected chi connectivity index (χ1v) is 11.0. The fraction of sp³-hybridized carbons (Fsp3) is 0.174. The number of carbonyl (C=O) groups excluding carboxylic acids is 1. The summed E-state index contributed by atoms with van der Waals surface area (Å²) in [5, 5.41) is 2.78. The van der Waals surface area contributed by atoms with Gasteiger partial charge in [-0.2, -0.15) is 0 Å². The molecule has 0 saturated carbocycles. The van der Waals surface area contributed by atoms with E-state index in [4.69, 9.17) is 4.74 Å². The maximum Gasteiger partial charge on any atom is 0.261 e. The molecule has 2 N–H and O–H groups in total. The van der Waals surface area contributed by atoms with Crippen LogP contribution in [0.1, 0.15) is 21.5 Å². The van der Waals surface area contributed by atoms with Crippen LogP contribution in [0.3, 0.4) is 0 Å². The molecule has 0 heterocycles. The van der Waals surface area contributed by atoms with Crippen LogP contribution in [0, 0.1) is 6.92 Å². The van der Waals surface area contributed by atoms with Crippen molar-refractivity contribution in [2.75, 3.05) is 17.9 Å². The molecule has 3 rings (SSSR count). The molecule has 0 aliphatic heterocycles. The van der Waals surface area contributed by atoms with Crippen LogP contribution in [-0.4, -0.2) is 27.5 Å². The first kappa shape index (κ1) is 21.5. The molecular formula is C23H24N2O4S. The molecular weight excluding hydrogens is 400 g/mol. The zero-order valence-electron chi connectivity index (χ0n) is 16.7. The highest BCUT2D eigenvalue weighted by Gasteiger charge is 2.14. The van der Waals surface area contributed by atoms with Crippen molar-refractivity contribution < 1.29 is 17.9 Å². The Morgan fingerprint density at radius 2 is 1.57 bits per heavy atom. The minimum Gasteiger partial charge on any atom is -0.375 e. The second-order valence-corrected chi connectivity index (χ2v) is 8.47. The molecule has 0 saturated heterocycles. The molecule has 0 aromatic heterocycles. The molecule has 7 heteroatoms. The summed E-state index contributed by atoms with van der Waals surface area (Å²) in [5.74, 6) is -0.244. The topological polar surface area (TPSA) is 84.5 Å². The van der Waals surface area contributed by atoms with Gasteiger partial charge < -0.3 is 10.1 Å². The van der Waals surface area contributed by atoms with Crippen molar-refractivity contribution in [1.82, 2.24) is 5.32 Å². The highest BCUT2D eigenvalue weighted by Crippen LogP contribution is 2.17. The summed E-state index contributed by atoms with van der Waals surface area (Å²) in [4.78, 5) is 12.4. The maximum atomic E-state index is 12.4. The Morgan fingerprint density at radius 1 is 0.900 bits per heavy atom. The number of nitrogens with one attached hydrogen (secondary N) is 2. The van der Waals surface area contributed by atoms with E-state index in [1.165, 1.54) is 0 Å². The van der Waals surface area contributed by atoms with Crippen LogP contribution in [0.5, 0.6) is 0 Å². The summed E-state index contributed by atoms with van der Waals surface area (Å²) in [5.41, 5.74) is 2.89. The molecule has 0 spiro atoms. The fourth-order valence-electron chi connectivity index (χ4n) is 2.72. The van der Waals surface area contributed by atoms with Gasteiger partial charge in [0.2, 0.25) is 0 Å². The third-order valence-electron chi connectivity index (χ3n) is 4.37. The van der Waals surface area contributed by atoms with Crippen LogP contribution in [-0.2, 0) is 21.4 Å². The van der Waals surface area contributed by atoms with E-state index in [1.807, 2.05) is 37.3 Å². The van der Waals surface area contributed by atoms with Crippen molar-refractivity contribution in [2.24, 2.45) is 0 Å². The molecule has 0 aliphatic rings. The highest BCUT2D eigenvalue weighted by molar-refractivity contribution is 7.92. The lowest BCUT2D eigenvalue weighted by Gasteiger charge is -2.10. The van der Waals surface area contributed by atoms with Crippen LogP contribution >= 0.6 is 0 Å². The summed E-state index contributed by atoms with van der Waals surface area (Å²) >= 11 is 0. The lowest BCUT2D eigenvalue weighted by Crippen LogP contribution is -2.27. The molecule has 0 atom stereocenters. The van der Waals surface area contributed by atoms with E-state index in [1.54, 1.807) is 48.5 Å². The Kier molecular flexibility index (Phi) is 7.21. The average molecular weight is 425 g/mol. The Labute approximate surface area is 177 Å². The number of rotatable bonds is 9. The van der Waals surface area contributed by atoms with E-state index in [2.05, 4.69) is 10.0 Å². The van der Waals surface area contributed by atoms with Gasteiger partial charge in [-0.05, 0) is 48.9 Å². The van der Waals surface area contributed by atoms with Crippen molar-refractivity contribution in [2.45, 2.75) is 18.4 Å². The Hall–Kier alpha value is -3.16. The molecule has 3 aromatic rings. The molecule has 156 valence electrons. The minimum atomic E-state index is -3.67. The van der Waals surface area contributed by atoms with Crippen molar-refractivity contribution in [3.63, 3.8) is 0 Å². The van der Waals surface area contributed by atoms with E-state index >= 15 is 0 Å². The Balaban J connectivity index is 1.47. The van der Waals surface area contributed by atoms with Crippen LogP contribution in [0.2, 0.25) is 0 Å². The zero-order valence-corrected chi connectivity index (χ0v) is 17.5. The number of sulfonamides is 1. The van der Waals surface area contributed by atoms with Crippen molar-refractivity contribution in [1.29, 1.82) is 0 Å². The summed E-state index contributed by atoms with van der Waals surface area (Å²) in [7, 11) is -3.67. The number of anilines is 1. The molecule has 30 heavy (non-hydrogen) atoms. The predicted molar refractivity (Wildman–Crippen MR) is 117 cm³/mol. The van der Waals surface area contributed by atoms with Crippen LogP contribution < -0.4 is 10.0 Å². The van der Waals surface area contributed by atoms with Crippen LogP contribution in [0.15, 0.2) is 83.8 Å². The van der Waals surface area contributed by atoms with Gasteiger partial charge >= 0.3 is 0 Å². The SMILES string of the molecule is Cc1ccc(S(=O)(=O)Nc2ccc(C(=O)NCCOCc3ccccc3)cc2)cc1.